The van der Waals surface area contributed by atoms with Gasteiger partial charge >= 0.3 is 0 Å². The van der Waals surface area contributed by atoms with E-state index in [2.05, 4.69) is 15.5 Å². The van der Waals surface area contributed by atoms with Crippen LogP contribution in [-0.4, -0.2) is 22.1 Å². The van der Waals surface area contributed by atoms with Crippen molar-refractivity contribution in [1.29, 1.82) is 0 Å². The average Bonchev–Trinajstić information content (AvgIpc) is 2.18. The summed E-state index contributed by atoms with van der Waals surface area (Å²) in [5, 5.41) is 8.56. The van der Waals surface area contributed by atoms with Crippen LogP contribution >= 0.6 is 0 Å². The lowest BCUT2D eigenvalue weighted by molar-refractivity contribution is 0.0933. The van der Waals surface area contributed by atoms with Gasteiger partial charge in [0.2, 0.25) is 0 Å². The quantitative estimate of drug-likeness (QED) is 0.728. The zero-order valence-electron chi connectivity index (χ0n) is 8.20. The normalized spacial score (nSPS) is 12.1. The van der Waals surface area contributed by atoms with E-state index in [4.69, 9.17) is 0 Å². The molecule has 5 heteroatoms. The molecule has 0 aliphatic heterocycles. The van der Waals surface area contributed by atoms with Gasteiger partial charge in [0, 0.05) is 12.1 Å². The molecule has 0 radical (unpaired) electrons. The number of aromatic nitrogens is 2. The lowest BCUT2D eigenvalue weighted by Gasteiger charge is -2.09. The number of nitrogens with zero attached hydrogens (tertiary/aromatic N) is 1. The number of nitrogens with one attached hydrogen (secondary N) is 2. The number of carbonyl (C=O) groups excluding carboxylic acids is 1. The number of H-pyrrole nitrogens is 1. The maximum Gasteiger partial charge on any atom is 0.271 e. The molecule has 0 saturated heterocycles. The van der Waals surface area contributed by atoms with Gasteiger partial charge in [0.15, 0.2) is 0 Å². The Bertz CT molecular complexity index is 352. The first-order valence-corrected chi connectivity index (χ1v) is 4.50. The van der Waals surface area contributed by atoms with Gasteiger partial charge in [-0.05, 0) is 19.4 Å². The molecule has 1 amide bonds. The van der Waals surface area contributed by atoms with Crippen LogP contribution in [0.4, 0.5) is 0 Å². The first kappa shape index (κ1) is 10.4. The van der Waals surface area contributed by atoms with Crippen LogP contribution in [-0.2, 0) is 0 Å². The number of rotatable bonds is 3. The van der Waals surface area contributed by atoms with E-state index in [1.165, 1.54) is 12.1 Å². The van der Waals surface area contributed by atoms with E-state index in [0.717, 1.165) is 6.42 Å². The fraction of sp³-hybridized carbons (Fsp3) is 0.444. The Morgan fingerprint density at radius 3 is 2.86 bits per heavy atom. The van der Waals surface area contributed by atoms with Crippen LogP contribution < -0.4 is 10.9 Å². The molecule has 0 saturated carbocycles. The Balaban J connectivity index is 2.70. The highest BCUT2D eigenvalue weighted by Gasteiger charge is 2.09. The number of carbonyl (C=O) groups is 1. The molecule has 1 rings (SSSR count). The van der Waals surface area contributed by atoms with Crippen molar-refractivity contribution in [2.45, 2.75) is 26.3 Å². The Labute approximate surface area is 81.5 Å². The van der Waals surface area contributed by atoms with Crippen molar-refractivity contribution >= 4 is 5.91 Å². The molecule has 0 spiro atoms. The molecule has 0 fully saturated rings. The predicted molar refractivity (Wildman–Crippen MR) is 52.1 cm³/mol. The molecule has 0 aliphatic carbocycles. The SMILES string of the molecule is CCC(C)NC(=O)c1ccc(=O)[nH]n1. The topological polar surface area (TPSA) is 74.8 Å². The third-order valence-corrected chi connectivity index (χ3v) is 1.90. The minimum atomic E-state index is -0.315. The summed E-state index contributed by atoms with van der Waals surface area (Å²) in [6.45, 7) is 3.88. The number of hydrogen-bond acceptors (Lipinski definition) is 3. The molecule has 14 heavy (non-hydrogen) atoms. The molecule has 2 N–H and O–H groups in total. The van der Waals surface area contributed by atoms with Crippen molar-refractivity contribution in [3.05, 3.63) is 28.2 Å². The zero-order valence-corrected chi connectivity index (χ0v) is 8.20. The number of aromatic amines is 1. The summed E-state index contributed by atoms with van der Waals surface area (Å²) < 4.78 is 0. The smallest absolute Gasteiger partial charge is 0.271 e. The largest absolute Gasteiger partial charge is 0.348 e. The Kier molecular flexibility index (Phi) is 3.39. The fourth-order valence-electron chi connectivity index (χ4n) is 0.871. The molecule has 0 bridgehead atoms. The molecule has 1 aromatic rings. The second-order valence-electron chi connectivity index (χ2n) is 3.09. The van der Waals surface area contributed by atoms with Crippen LogP contribution in [0.3, 0.4) is 0 Å². The van der Waals surface area contributed by atoms with Crippen LogP contribution in [0.15, 0.2) is 16.9 Å². The van der Waals surface area contributed by atoms with E-state index in [-0.39, 0.29) is 23.2 Å². The summed E-state index contributed by atoms with van der Waals surface area (Å²) in [5.74, 6) is -0.268. The molecule has 1 unspecified atom stereocenters. The maximum atomic E-state index is 11.4. The van der Waals surface area contributed by atoms with E-state index in [0.29, 0.717) is 0 Å². The van der Waals surface area contributed by atoms with Crippen LogP contribution in [0.1, 0.15) is 30.8 Å². The fourth-order valence-corrected chi connectivity index (χ4v) is 0.871. The van der Waals surface area contributed by atoms with Gasteiger partial charge in [-0.1, -0.05) is 6.92 Å². The zero-order chi connectivity index (χ0) is 10.6. The molecule has 1 aromatic heterocycles. The Hall–Kier alpha value is -1.65. The van der Waals surface area contributed by atoms with Crippen molar-refractivity contribution < 1.29 is 4.79 Å². The summed E-state index contributed by atoms with van der Waals surface area (Å²) in [5.41, 5.74) is -0.0880. The van der Waals surface area contributed by atoms with Crippen molar-refractivity contribution in [3.63, 3.8) is 0 Å². The molecule has 1 heterocycles. The first-order valence-electron chi connectivity index (χ1n) is 4.50. The summed E-state index contributed by atoms with van der Waals surface area (Å²) in [7, 11) is 0. The molecular formula is C9H13N3O2. The van der Waals surface area contributed by atoms with Crippen LogP contribution in [0, 0.1) is 0 Å². The second kappa shape index (κ2) is 4.55. The molecule has 76 valence electrons. The second-order valence-corrected chi connectivity index (χ2v) is 3.09. The summed E-state index contributed by atoms with van der Waals surface area (Å²) >= 11 is 0. The lowest BCUT2D eigenvalue weighted by Crippen LogP contribution is -2.33. The van der Waals surface area contributed by atoms with E-state index < -0.39 is 0 Å². The molecular weight excluding hydrogens is 182 g/mol. The van der Waals surface area contributed by atoms with Crippen LogP contribution in [0.2, 0.25) is 0 Å². The van der Waals surface area contributed by atoms with Crippen molar-refractivity contribution in [2.75, 3.05) is 0 Å². The number of amides is 1. The molecule has 5 nitrogen and oxygen atoms in total. The Morgan fingerprint density at radius 2 is 2.36 bits per heavy atom. The first-order chi connectivity index (χ1) is 6.63. The highest BCUT2D eigenvalue weighted by molar-refractivity contribution is 5.92. The standard InChI is InChI=1S/C9H13N3O2/c1-3-6(2)10-9(14)7-4-5-8(13)12-11-7/h4-6H,3H2,1-2H3,(H,10,14)(H,12,13). The average molecular weight is 195 g/mol. The highest BCUT2D eigenvalue weighted by Crippen LogP contribution is 1.93. The number of hydrogen-bond donors (Lipinski definition) is 2. The lowest BCUT2D eigenvalue weighted by atomic mass is 10.2. The van der Waals surface area contributed by atoms with Gasteiger partial charge in [0.25, 0.3) is 11.5 Å². The predicted octanol–water partition coefficient (Wildman–Crippen LogP) is 0.298. The third kappa shape index (κ3) is 2.69. The van der Waals surface area contributed by atoms with Gasteiger partial charge in [-0.15, -0.1) is 0 Å². The summed E-state index contributed by atoms with van der Waals surface area (Å²) in [6.07, 6.45) is 0.856. The van der Waals surface area contributed by atoms with E-state index in [1.807, 2.05) is 13.8 Å². The van der Waals surface area contributed by atoms with Gasteiger partial charge in [0.1, 0.15) is 5.69 Å². The van der Waals surface area contributed by atoms with Crippen molar-refractivity contribution in [3.8, 4) is 0 Å². The van der Waals surface area contributed by atoms with E-state index in [9.17, 15) is 9.59 Å². The van der Waals surface area contributed by atoms with Crippen LogP contribution in [0.25, 0.3) is 0 Å². The van der Waals surface area contributed by atoms with Gasteiger partial charge in [-0.2, -0.15) is 5.10 Å². The van der Waals surface area contributed by atoms with E-state index in [1.54, 1.807) is 0 Å². The highest BCUT2D eigenvalue weighted by atomic mass is 16.2. The molecule has 0 aromatic carbocycles. The summed E-state index contributed by atoms with van der Waals surface area (Å²) in [4.78, 5) is 22.1. The minimum absolute atomic E-state index is 0.108. The van der Waals surface area contributed by atoms with Gasteiger partial charge in [0.05, 0.1) is 0 Å². The Morgan fingerprint density at radius 1 is 1.64 bits per heavy atom. The third-order valence-electron chi connectivity index (χ3n) is 1.90. The van der Waals surface area contributed by atoms with Crippen molar-refractivity contribution in [1.82, 2.24) is 15.5 Å². The summed E-state index contributed by atoms with van der Waals surface area (Å²) in [6, 6.07) is 2.78. The molecule has 1 atom stereocenters. The minimum Gasteiger partial charge on any atom is -0.348 e. The van der Waals surface area contributed by atoms with E-state index >= 15 is 0 Å². The molecule has 0 aliphatic rings. The van der Waals surface area contributed by atoms with Gasteiger partial charge in [-0.25, -0.2) is 5.10 Å². The monoisotopic (exact) mass is 195 g/mol. The maximum absolute atomic E-state index is 11.4. The van der Waals surface area contributed by atoms with Crippen LogP contribution in [0.5, 0.6) is 0 Å². The van der Waals surface area contributed by atoms with Gasteiger partial charge < -0.3 is 5.32 Å². The van der Waals surface area contributed by atoms with Gasteiger partial charge in [-0.3, -0.25) is 9.59 Å². The van der Waals surface area contributed by atoms with Crippen molar-refractivity contribution in [2.24, 2.45) is 0 Å².